The summed E-state index contributed by atoms with van der Waals surface area (Å²) in [5.41, 5.74) is 0.591. The van der Waals surface area contributed by atoms with Gasteiger partial charge in [-0.2, -0.15) is 0 Å². The highest BCUT2D eigenvalue weighted by Crippen LogP contribution is 2.44. The quantitative estimate of drug-likeness (QED) is 0.871. The number of hydrogen-bond donors (Lipinski definition) is 1. The highest BCUT2D eigenvalue weighted by Gasteiger charge is 2.59. The zero-order chi connectivity index (χ0) is 19.7. The summed E-state index contributed by atoms with van der Waals surface area (Å²) in [6, 6.07) is 8.13. The summed E-state index contributed by atoms with van der Waals surface area (Å²) in [6.45, 7) is 4.37. The number of urea groups is 1. The summed E-state index contributed by atoms with van der Waals surface area (Å²) in [7, 11) is 0. The molecule has 0 bridgehead atoms. The van der Waals surface area contributed by atoms with Crippen LogP contribution in [-0.2, 0) is 0 Å². The number of ether oxygens (including phenoxy) is 1. The van der Waals surface area contributed by atoms with Crippen molar-refractivity contribution in [3.05, 3.63) is 42.4 Å². The predicted molar refractivity (Wildman–Crippen MR) is 100.0 cm³/mol. The molecule has 2 aromatic rings. The lowest BCUT2D eigenvalue weighted by molar-refractivity contribution is 0.0665. The third-order valence-corrected chi connectivity index (χ3v) is 4.80. The Balaban J connectivity index is 1.27. The van der Waals surface area contributed by atoms with E-state index in [9.17, 15) is 13.6 Å². The Kier molecular flexibility index (Phi) is 4.74. The SMILES string of the molecule is Cc1nccc(N2CCN(C(=O)Nc3ccc(OC4CC4(F)F)cc3)CC2)n1. The molecular weight excluding hydrogens is 368 g/mol. The van der Waals surface area contributed by atoms with Gasteiger partial charge in [-0.1, -0.05) is 0 Å². The molecule has 1 aromatic heterocycles. The number of nitrogens with zero attached hydrogens (tertiary/aromatic N) is 4. The molecule has 2 amide bonds. The Morgan fingerprint density at radius 3 is 2.46 bits per heavy atom. The molecular formula is C19H21F2N5O2. The molecule has 1 saturated heterocycles. The summed E-state index contributed by atoms with van der Waals surface area (Å²) in [4.78, 5) is 24.8. The van der Waals surface area contributed by atoms with E-state index in [0.29, 0.717) is 37.6 Å². The number of aryl methyl sites for hydroxylation is 1. The van der Waals surface area contributed by atoms with Crippen LogP contribution in [0.1, 0.15) is 12.2 Å². The van der Waals surface area contributed by atoms with Crippen LogP contribution in [0.3, 0.4) is 0 Å². The monoisotopic (exact) mass is 389 g/mol. The van der Waals surface area contributed by atoms with Crippen LogP contribution >= 0.6 is 0 Å². The number of amides is 2. The van der Waals surface area contributed by atoms with E-state index in [1.807, 2.05) is 13.0 Å². The van der Waals surface area contributed by atoms with Gasteiger partial charge in [0.05, 0.1) is 6.42 Å². The van der Waals surface area contributed by atoms with E-state index in [0.717, 1.165) is 11.6 Å². The van der Waals surface area contributed by atoms with Crippen LogP contribution in [0.2, 0.25) is 0 Å². The topological polar surface area (TPSA) is 70.6 Å². The number of piperazine rings is 1. The first-order valence-electron chi connectivity index (χ1n) is 9.16. The lowest BCUT2D eigenvalue weighted by Crippen LogP contribution is -2.50. The molecule has 2 fully saturated rings. The highest BCUT2D eigenvalue weighted by molar-refractivity contribution is 5.89. The lowest BCUT2D eigenvalue weighted by atomic mass is 10.3. The van der Waals surface area contributed by atoms with Gasteiger partial charge >= 0.3 is 6.03 Å². The average Bonchev–Trinajstić information content (AvgIpc) is 3.29. The number of carbonyl (C=O) groups is 1. The van der Waals surface area contributed by atoms with Crippen molar-refractivity contribution in [2.24, 2.45) is 0 Å². The van der Waals surface area contributed by atoms with Crippen molar-refractivity contribution in [1.82, 2.24) is 14.9 Å². The number of benzene rings is 1. The molecule has 148 valence electrons. The van der Waals surface area contributed by atoms with Crippen LogP contribution in [0, 0.1) is 6.92 Å². The lowest BCUT2D eigenvalue weighted by Gasteiger charge is -2.35. The molecule has 1 atom stereocenters. The van der Waals surface area contributed by atoms with Crippen molar-refractivity contribution in [2.45, 2.75) is 25.4 Å². The van der Waals surface area contributed by atoms with Crippen molar-refractivity contribution >= 4 is 17.5 Å². The molecule has 4 rings (SSSR count). The number of hydrogen-bond acceptors (Lipinski definition) is 5. The molecule has 1 N–H and O–H groups in total. The Labute approximate surface area is 161 Å². The van der Waals surface area contributed by atoms with Gasteiger partial charge in [-0.3, -0.25) is 0 Å². The first kappa shape index (κ1) is 18.4. The zero-order valence-corrected chi connectivity index (χ0v) is 15.4. The fourth-order valence-corrected chi connectivity index (χ4v) is 3.06. The number of aromatic nitrogens is 2. The fourth-order valence-electron chi connectivity index (χ4n) is 3.06. The van der Waals surface area contributed by atoms with Crippen LogP contribution < -0.4 is 15.0 Å². The van der Waals surface area contributed by atoms with Gasteiger partial charge in [0, 0.05) is 38.1 Å². The number of anilines is 2. The number of rotatable bonds is 4. The van der Waals surface area contributed by atoms with Crippen LogP contribution in [0.15, 0.2) is 36.5 Å². The second-order valence-corrected chi connectivity index (χ2v) is 6.96. The number of carbonyl (C=O) groups excluding carboxylic acids is 1. The van der Waals surface area contributed by atoms with Gasteiger partial charge in [-0.25, -0.2) is 23.5 Å². The van der Waals surface area contributed by atoms with E-state index in [1.165, 1.54) is 0 Å². The minimum atomic E-state index is -2.72. The number of halogens is 2. The van der Waals surface area contributed by atoms with Crippen molar-refractivity contribution in [3.8, 4) is 5.75 Å². The molecule has 1 aromatic carbocycles. The van der Waals surface area contributed by atoms with E-state index in [2.05, 4.69) is 20.2 Å². The molecule has 1 saturated carbocycles. The molecule has 0 spiro atoms. The molecule has 1 aliphatic heterocycles. The Morgan fingerprint density at radius 2 is 1.86 bits per heavy atom. The van der Waals surface area contributed by atoms with Gasteiger partial charge in [0.25, 0.3) is 5.92 Å². The molecule has 1 aliphatic carbocycles. The van der Waals surface area contributed by atoms with Crippen molar-refractivity contribution in [1.29, 1.82) is 0 Å². The molecule has 1 unspecified atom stereocenters. The van der Waals surface area contributed by atoms with E-state index in [-0.39, 0.29) is 12.5 Å². The maximum atomic E-state index is 12.9. The third kappa shape index (κ3) is 4.13. The summed E-state index contributed by atoms with van der Waals surface area (Å²) < 4.78 is 31.0. The van der Waals surface area contributed by atoms with Crippen molar-refractivity contribution < 1.29 is 18.3 Å². The molecule has 28 heavy (non-hydrogen) atoms. The average molecular weight is 389 g/mol. The maximum Gasteiger partial charge on any atom is 0.321 e. The fraction of sp³-hybridized carbons (Fsp3) is 0.421. The number of nitrogens with one attached hydrogen (secondary N) is 1. The third-order valence-electron chi connectivity index (χ3n) is 4.80. The Bertz CT molecular complexity index is 854. The standard InChI is InChI=1S/C19H21F2N5O2/c1-13-22-7-6-17(23-13)25-8-10-26(11-9-25)18(27)24-14-2-4-15(5-3-14)28-16-12-19(16,20)21/h2-7,16H,8-12H2,1H3,(H,24,27). The molecule has 7 nitrogen and oxygen atoms in total. The van der Waals surface area contributed by atoms with Gasteiger partial charge in [0.15, 0.2) is 6.10 Å². The Morgan fingerprint density at radius 1 is 1.18 bits per heavy atom. The largest absolute Gasteiger partial charge is 0.484 e. The summed E-state index contributed by atoms with van der Waals surface area (Å²) in [6.07, 6.45) is 0.448. The van der Waals surface area contributed by atoms with Crippen molar-refractivity contribution in [2.75, 3.05) is 36.4 Å². The second kappa shape index (κ2) is 7.21. The van der Waals surface area contributed by atoms with E-state index >= 15 is 0 Å². The summed E-state index contributed by atoms with van der Waals surface area (Å²) >= 11 is 0. The first-order chi connectivity index (χ1) is 13.4. The molecule has 2 heterocycles. The van der Waals surface area contributed by atoms with Gasteiger partial charge in [-0.15, -0.1) is 0 Å². The van der Waals surface area contributed by atoms with Crippen LogP contribution in [-0.4, -0.2) is 59.1 Å². The zero-order valence-electron chi connectivity index (χ0n) is 15.4. The molecule has 2 aliphatic rings. The van der Waals surface area contributed by atoms with E-state index in [1.54, 1.807) is 35.4 Å². The Hall–Kier alpha value is -2.97. The van der Waals surface area contributed by atoms with Crippen LogP contribution in [0.5, 0.6) is 5.75 Å². The second-order valence-electron chi connectivity index (χ2n) is 6.96. The van der Waals surface area contributed by atoms with E-state index in [4.69, 9.17) is 4.74 Å². The van der Waals surface area contributed by atoms with E-state index < -0.39 is 12.0 Å². The van der Waals surface area contributed by atoms with Gasteiger partial charge < -0.3 is 19.9 Å². The minimum absolute atomic E-state index is 0.194. The highest BCUT2D eigenvalue weighted by atomic mass is 19.3. The smallest absolute Gasteiger partial charge is 0.321 e. The van der Waals surface area contributed by atoms with Crippen molar-refractivity contribution in [3.63, 3.8) is 0 Å². The summed E-state index contributed by atoms with van der Waals surface area (Å²) in [5.74, 6) is -0.770. The van der Waals surface area contributed by atoms with Gasteiger partial charge in [0.1, 0.15) is 17.4 Å². The normalized spacial score (nSPS) is 20.6. The predicted octanol–water partition coefficient (Wildman–Crippen LogP) is 2.93. The summed E-state index contributed by atoms with van der Waals surface area (Å²) in [5, 5.41) is 2.83. The van der Waals surface area contributed by atoms with Crippen LogP contribution in [0.25, 0.3) is 0 Å². The molecule has 0 radical (unpaired) electrons. The first-order valence-corrected chi connectivity index (χ1v) is 9.16. The van der Waals surface area contributed by atoms with Gasteiger partial charge in [-0.05, 0) is 37.3 Å². The molecule has 9 heteroatoms. The maximum absolute atomic E-state index is 12.9. The minimum Gasteiger partial charge on any atom is -0.484 e. The van der Waals surface area contributed by atoms with Crippen LogP contribution in [0.4, 0.5) is 25.1 Å². The van der Waals surface area contributed by atoms with Gasteiger partial charge in [0.2, 0.25) is 0 Å². The number of alkyl halides is 2.